The molecule has 3 rings (SSSR count). The lowest BCUT2D eigenvalue weighted by Gasteiger charge is -2.17. The molecule has 0 aliphatic carbocycles. The zero-order valence-electron chi connectivity index (χ0n) is 12.9. The first-order chi connectivity index (χ1) is 12.0. The van der Waals surface area contributed by atoms with Gasteiger partial charge in [-0.1, -0.05) is 18.2 Å². The Hall–Kier alpha value is -2.78. The Morgan fingerprint density at radius 1 is 1.36 bits per heavy atom. The van der Waals surface area contributed by atoms with Crippen LogP contribution in [-0.4, -0.2) is 39.4 Å². The maximum atomic E-state index is 13.4. The van der Waals surface area contributed by atoms with Gasteiger partial charge in [-0.2, -0.15) is 4.39 Å². The van der Waals surface area contributed by atoms with Crippen molar-refractivity contribution in [2.75, 3.05) is 6.61 Å². The summed E-state index contributed by atoms with van der Waals surface area (Å²) >= 11 is 0. The highest BCUT2D eigenvalue weighted by molar-refractivity contribution is 5.89. The van der Waals surface area contributed by atoms with Gasteiger partial charge in [0.05, 0.1) is 17.9 Å². The second-order valence-corrected chi connectivity index (χ2v) is 5.56. The van der Waals surface area contributed by atoms with E-state index in [0.717, 1.165) is 4.57 Å². The van der Waals surface area contributed by atoms with E-state index in [9.17, 15) is 23.9 Å². The second kappa shape index (κ2) is 6.99. The van der Waals surface area contributed by atoms with E-state index in [1.807, 2.05) is 0 Å². The number of ether oxygens (including phenoxy) is 2. The maximum absolute atomic E-state index is 13.4. The molecule has 0 saturated carbocycles. The Balaban J connectivity index is 1.66. The van der Waals surface area contributed by atoms with Crippen molar-refractivity contribution in [3.63, 3.8) is 0 Å². The molecule has 0 amide bonds. The van der Waals surface area contributed by atoms with Gasteiger partial charge in [0.2, 0.25) is 5.82 Å². The van der Waals surface area contributed by atoms with Gasteiger partial charge in [-0.15, -0.1) is 0 Å². The van der Waals surface area contributed by atoms with Gasteiger partial charge in [0.25, 0.3) is 5.56 Å². The number of aliphatic hydroxyl groups excluding tert-OH is 1. The van der Waals surface area contributed by atoms with Gasteiger partial charge in [0.15, 0.2) is 6.23 Å². The summed E-state index contributed by atoms with van der Waals surface area (Å²) < 4.78 is 24.7. The van der Waals surface area contributed by atoms with E-state index in [2.05, 4.69) is 0 Å². The van der Waals surface area contributed by atoms with Crippen molar-refractivity contribution in [2.24, 2.45) is 0 Å². The highest BCUT2D eigenvalue weighted by atomic mass is 19.1. The first-order valence-electron chi connectivity index (χ1n) is 7.52. The van der Waals surface area contributed by atoms with Gasteiger partial charge in [-0.25, -0.2) is 9.59 Å². The molecule has 0 bridgehead atoms. The van der Waals surface area contributed by atoms with Crippen LogP contribution in [0.1, 0.15) is 23.0 Å². The Bertz CT molecular complexity index is 878. The smallest absolute Gasteiger partial charge is 0.338 e. The van der Waals surface area contributed by atoms with Crippen LogP contribution in [0.2, 0.25) is 0 Å². The lowest BCUT2D eigenvalue weighted by atomic mass is 10.2. The summed E-state index contributed by atoms with van der Waals surface area (Å²) in [6.07, 6.45) is -2.22. The van der Waals surface area contributed by atoms with Gasteiger partial charge in [0, 0.05) is 6.42 Å². The third-order valence-corrected chi connectivity index (χ3v) is 3.77. The molecule has 1 saturated heterocycles. The average molecular weight is 350 g/mol. The fourth-order valence-electron chi connectivity index (χ4n) is 2.56. The van der Waals surface area contributed by atoms with Crippen LogP contribution in [0.15, 0.2) is 46.1 Å². The number of esters is 1. The van der Waals surface area contributed by atoms with E-state index in [0.29, 0.717) is 11.8 Å². The van der Waals surface area contributed by atoms with Crippen LogP contribution >= 0.6 is 0 Å². The van der Waals surface area contributed by atoms with Gasteiger partial charge in [-0.3, -0.25) is 14.3 Å². The van der Waals surface area contributed by atoms with E-state index < -0.39 is 41.5 Å². The number of aromatic amines is 1. The molecule has 2 heterocycles. The SMILES string of the molecule is O=C(OC[C@H]1CC(O)[C@@H](n2cc(F)c(=O)[nH]c2=O)O1)c1ccccc1. The second-order valence-electron chi connectivity index (χ2n) is 5.56. The molecule has 1 unspecified atom stereocenters. The summed E-state index contributed by atoms with van der Waals surface area (Å²) in [6, 6.07) is 8.34. The summed E-state index contributed by atoms with van der Waals surface area (Å²) in [5.74, 6) is -1.72. The minimum atomic E-state index is -1.18. The molecule has 25 heavy (non-hydrogen) atoms. The summed E-state index contributed by atoms with van der Waals surface area (Å²) in [7, 11) is 0. The monoisotopic (exact) mass is 350 g/mol. The highest BCUT2D eigenvalue weighted by Gasteiger charge is 2.36. The van der Waals surface area contributed by atoms with Gasteiger partial charge in [-0.05, 0) is 12.1 Å². The van der Waals surface area contributed by atoms with E-state index >= 15 is 0 Å². The topological polar surface area (TPSA) is 111 Å². The number of nitrogens with one attached hydrogen (secondary N) is 1. The summed E-state index contributed by atoms with van der Waals surface area (Å²) in [4.78, 5) is 36.5. The largest absolute Gasteiger partial charge is 0.459 e. The molecule has 2 aromatic rings. The molecule has 132 valence electrons. The number of carbonyl (C=O) groups excluding carboxylic acids is 1. The van der Waals surface area contributed by atoms with Crippen LogP contribution in [0.25, 0.3) is 0 Å². The third-order valence-electron chi connectivity index (χ3n) is 3.77. The Morgan fingerprint density at radius 3 is 2.80 bits per heavy atom. The van der Waals surface area contributed by atoms with Gasteiger partial charge in [0.1, 0.15) is 12.7 Å². The molecule has 1 aromatic carbocycles. The zero-order valence-corrected chi connectivity index (χ0v) is 12.9. The molecule has 3 atom stereocenters. The minimum Gasteiger partial charge on any atom is -0.459 e. The molecule has 2 N–H and O–H groups in total. The summed E-state index contributed by atoms with van der Waals surface area (Å²) in [6.45, 7) is -0.137. The van der Waals surface area contributed by atoms with Crippen molar-refractivity contribution in [3.05, 3.63) is 68.7 Å². The first-order valence-corrected chi connectivity index (χ1v) is 7.52. The predicted octanol–water partition coefficient (Wildman–Crippen LogP) is 0.181. The van der Waals surface area contributed by atoms with Crippen molar-refractivity contribution in [3.8, 4) is 0 Å². The first kappa shape index (κ1) is 17.1. The van der Waals surface area contributed by atoms with Crippen molar-refractivity contribution < 1.29 is 23.8 Å². The summed E-state index contributed by atoms with van der Waals surface area (Å²) in [5, 5.41) is 10.0. The standard InChI is InChI=1S/C16H15FN2O6/c17-11-7-19(16(23)18-13(11)21)14-12(20)6-10(25-14)8-24-15(22)9-4-2-1-3-5-9/h1-5,7,10,12,14,20H,6,8H2,(H,18,21,23)/t10-,12?,14+/m1/s1. The quantitative estimate of drug-likeness (QED) is 0.761. The number of aliphatic hydroxyl groups is 1. The number of rotatable bonds is 4. The lowest BCUT2D eigenvalue weighted by molar-refractivity contribution is -0.0575. The fraction of sp³-hybridized carbons (Fsp3) is 0.312. The molecule has 0 radical (unpaired) electrons. The molecule has 8 nitrogen and oxygen atoms in total. The van der Waals surface area contributed by atoms with Crippen molar-refractivity contribution in [2.45, 2.75) is 24.9 Å². The number of aromatic nitrogens is 2. The third kappa shape index (κ3) is 3.67. The van der Waals surface area contributed by atoms with Crippen molar-refractivity contribution in [1.29, 1.82) is 0 Å². The molecule has 1 aliphatic heterocycles. The van der Waals surface area contributed by atoms with Crippen molar-refractivity contribution in [1.82, 2.24) is 9.55 Å². The van der Waals surface area contributed by atoms with Crippen LogP contribution in [0.4, 0.5) is 4.39 Å². The van der Waals surface area contributed by atoms with E-state index in [4.69, 9.17) is 9.47 Å². The van der Waals surface area contributed by atoms with Gasteiger partial charge >= 0.3 is 11.7 Å². The number of benzene rings is 1. The van der Waals surface area contributed by atoms with Gasteiger partial charge < -0.3 is 14.6 Å². The highest BCUT2D eigenvalue weighted by Crippen LogP contribution is 2.28. The number of carbonyl (C=O) groups is 1. The fourth-order valence-corrected chi connectivity index (χ4v) is 2.56. The Morgan fingerprint density at radius 2 is 2.08 bits per heavy atom. The number of nitrogens with zero attached hydrogens (tertiary/aromatic N) is 1. The molecular formula is C16H15FN2O6. The average Bonchev–Trinajstić information content (AvgIpc) is 2.97. The number of hydrogen-bond acceptors (Lipinski definition) is 6. The molecule has 1 aromatic heterocycles. The number of H-pyrrole nitrogens is 1. The van der Waals surface area contributed by atoms with E-state index in [1.54, 1.807) is 35.3 Å². The molecule has 1 fully saturated rings. The molecule has 0 spiro atoms. The molecule has 9 heteroatoms. The zero-order chi connectivity index (χ0) is 18.0. The predicted molar refractivity (Wildman–Crippen MR) is 82.5 cm³/mol. The minimum absolute atomic E-state index is 0.0833. The van der Waals surface area contributed by atoms with Crippen LogP contribution in [0.3, 0.4) is 0 Å². The van der Waals surface area contributed by atoms with Crippen LogP contribution in [-0.2, 0) is 9.47 Å². The summed E-state index contributed by atoms with van der Waals surface area (Å²) in [5.41, 5.74) is -1.68. The van der Waals surface area contributed by atoms with Crippen LogP contribution in [0, 0.1) is 5.82 Å². The van der Waals surface area contributed by atoms with E-state index in [-0.39, 0.29) is 13.0 Å². The normalized spacial score (nSPS) is 22.7. The Kier molecular flexibility index (Phi) is 4.77. The molecule has 1 aliphatic rings. The van der Waals surface area contributed by atoms with Crippen LogP contribution < -0.4 is 11.2 Å². The Labute approximate surface area is 140 Å². The maximum Gasteiger partial charge on any atom is 0.338 e. The van der Waals surface area contributed by atoms with E-state index in [1.165, 1.54) is 0 Å². The number of halogens is 1. The van der Waals surface area contributed by atoms with Crippen molar-refractivity contribution >= 4 is 5.97 Å². The molecular weight excluding hydrogens is 335 g/mol. The number of hydrogen-bond donors (Lipinski definition) is 2. The van der Waals surface area contributed by atoms with Crippen LogP contribution in [0.5, 0.6) is 0 Å². The lowest BCUT2D eigenvalue weighted by Crippen LogP contribution is -2.36.